The Morgan fingerprint density at radius 3 is 2.05 bits per heavy atom. The molecule has 0 aromatic heterocycles. The van der Waals surface area contributed by atoms with Gasteiger partial charge in [0.2, 0.25) is 15.9 Å². The van der Waals surface area contributed by atoms with Crippen molar-refractivity contribution < 1.29 is 22.7 Å². The van der Waals surface area contributed by atoms with Crippen LogP contribution >= 0.6 is 0 Å². The molecule has 0 aliphatic carbocycles. The van der Waals surface area contributed by atoms with Gasteiger partial charge in [-0.2, -0.15) is 4.31 Å². The van der Waals surface area contributed by atoms with Crippen molar-refractivity contribution in [2.75, 3.05) is 19.5 Å². The molecule has 0 heterocycles. The van der Waals surface area contributed by atoms with Crippen LogP contribution in [0.5, 0.6) is 17.2 Å². The number of carbonyl (C=O) groups excluding carboxylic acids is 1. The zero-order valence-electron chi connectivity index (χ0n) is 20.6. The molecular weight excluding hydrogens is 488 g/mol. The summed E-state index contributed by atoms with van der Waals surface area (Å²) < 4.78 is 39.3. The summed E-state index contributed by atoms with van der Waals surface area (Å²) in [7, 11) is -0.832. The Bertz CT molecular complexity index is 1430. The van der Waals surface area contributed by atoms with Crippen LogP contribution in [0.1, 0.15) is 18.0 Å². The summed E-state index contributed by atoms with van der Waals surface area (Å²) in [6.45, 7) is 0. The Morgan fingerprint density at radius 1 is 0.811 bits per heavy atom. The lowest BCUT2D eigenvalue weighted by molar-refractivity contribution is -0.117. The first-order valence-electron chi connectivity index (χ1n) is 11.7. The third-order valence-electron chi connectivity index (χ3n) is 5.87. The molecule has 0 saturated heterocycles. The van der Waals surface area contributed by atoms with Crippen molar-refractivity contribution in [1.82, 2.24) is 4.31 Å². The fraction of sp³-hybridized carbons (Fsp3) is 0.138. The SMILES string of the molecule is COc1ccc([C@@H](CC(=O)Nc2ccccc2Oc2ccccc2)N(C)S(=O)(=O)c2ccccc2)cc1. The van der Waals surface area contributed by atoms with Crippen molar-refractivity contribution in [3.63, 3.8) is 0 Å². The van der Waals surface area contributed by atoms with Crippen LogP contribution in [0.15, 0.2) is 114 Å². The molecule has 1 amide bonds. The standard InChI is InChI=1S/C29H28N2O5S/c1-31(37(33,34)25-13-7-4-8-14-25)27(22-17-19-23(35-2)20-18-22)21-29(32)30-26-15-9-10-16-28(26)36-24-11-5-3-6-12-24/h3-20,27H,21H2,1-2H3,(H,30,32)/t27-/m1/s1. The Morgan fingerprint density at radius 2 is 1.41 bits per heavy atom. The highest BCUT2D eigenvalue weighted by Crippen LogP contribution is 2.32. The first-order valence-corrected chi connectivity index (χ1v) is 13.1. The molecule has 0 unspecified atom stereocenters. The van der Waals surface area contributed by atoms with Crippen LogP contribution in [0, 0.1) is 0 Å². The van der Waals surface area contributed by atoms with Crippen LogP contribution in [0.2, 0.25) is 0 Å². The summed E-state index contributed by atoms with van der Waals surface area (Å²) in [5, 5.41) is 2.89. The fourth-order valence-corrected chi connectivity index (χ4v) is 5.22. The van der Waals surface area contributed by atoms with Gasteiger partial charge < -0.3 is 14.8 Å². The Balaban J connectivity index is 1.60. The summed E-state index contributed by atoms with van der Waals surface area (Å²) in [5.74, 6) is 1.38. The number of para-hydroxylation sites is 3. The summed E-state index contributed by atoms with van der Waals surface area (Å²) in [5.41, 5.74) is 1.14. The van der Waals surface area contributed by atoms with E-state index in [0.29, 0.717) is 28.5 Å². The zero-order valence-corrected chi connectivity index (χ0v) is 21.4. The first-order chi connectivity index (χ1) is 17.9. The first kappa shape index (κ1) is 25.9. The molecule has 4 rings (SSSR count). The summed E-state index contributed by atoms with van der Waals surface area (Å²) >= 11 is 0. The number of methoxy groups -OCH3 is 1. The number of ether oxygens (including phenoxy) is 2. The number of benzene rings is 4. The Hall–Kier alpha value is -4.14. The van der Waals surface area contributed by atoms with Gasteiger partial charge in [0.1, 0.15) is 11.5 Å². The lowest BCUT2D eigenvalue weighted by Crippen LogP contribution is -2.33. The minimum atomic E-state index is -3.87. The van der Waals surface area contributed by atoms with Gasteiger partial charge in [-0.15, -0.1) is 0 Å². The van der Waals surface area contributed by atoms with Crippen LogP contribution in [0.25, 0.3) is 0 Å². The van der Waals surface area contributed by atoms with Gasteiger partial charge in [0.15, 0.2) is 5.75 Å². The summed E-state index contributed by atoms with van der Waals surface area (Å²) in [6, 6.07) is 30.8. The van der Waals surface area contributed by atoms with Gasteiger partial charge in [-0.3, -0.25) is 4.79 Å². The molecule has 8 heteroatoms. The number of rotatable bonds is 10. The van der Waals surface area contributed by atoms with Gasteiger partial charge in [-0.1, -0.05) is 60.7 Å². The number of amides is 1. The predicted octanol–water partition coefficient (Wildman–Crippen LogP) is 5.88. The highest BCUT2D eigenvalue weighted by atomic mass is 32.2. The van der Waals surface area contributed by atoms with Crippen LogP contribution < -0.4 is 14.8 Å². The molecule has 190 valence electrons. The monoisotopic (exact) mass is 516 g/mol. The second kappa shape index (κ2) is 11.7. The molecule has 0 aliphatic heterocycles. The fourth-order valence-electron chi connectivity index (χ4n) is 3.86. The van der Waals surface area contributed by atoms with Crippen molar-refractivity contribution in [2.45, 2.75) is 17.4 Å². The molecule has 0 saturated carbocycles. The van der Waals surface area contributed by atoms with E-state index >= 15 is 0 Å². The lowest BCUT2D eigenvalue weighted by Gasteiger charge is -2.28. The maximum absolute atomic E-state index is 13.4. The third kappa shape index (κ3) is 6.35. The number of anilines is 1. The molecule has 0 fully saturated rings. The van der Waals surface area contributed by atoms with E-state index in [9.17, 15) is 13.2 Å². The average molecular weight is 517 g/mol. The molecule has 1 atom stereocenters. The van der Waals surface area contributed by atoms with Crippen molar-refractivity contribution in [1.29, 1.82) is 0 Å². The van der Waals surface area contributed by atoms with Crippen LogP contribution in [0.4, 0.5) is 5.69 Å². The zero-order chi connectivity index (χ0) is 26.3. The van der Waals surface area contributed by atoms with Crippen molar-refractivity contribution in [3.8, 4) is 17.2 Å². The number of hydrogen-bond donors (Lipinski definition) is 1. The lowest BCUT2D eigenvalue weighted by atomic mass is 10.0. The van der Waals surface area contributed by atoms with Crippen LogP contribution in [-0.4, -0.2) is 32.8 Å². The van der Waals surface area contributed by atoms with Crippen molar-refractivity contribution in [3.05, 3.63) is 115 Å². The second-order valence-electron chi connectivity index (χ2n) is 8.29. The van der Waals surface area contributed by atoms with E-state index < -0.39 is 16.1 Å². The Kier molecular flexibility index (Phi) is 8.22. The molecule has 4 aromatic rings. The molecule has 1 N–H and O–H groups in total. The summed E-state index contributed by atoms with van der Waals surface area (Å²) in [6.07, 6.45) is -0.117. The van der Waals surface area contributed by atoms with Crippen LogP contribution in [0.3, 0.4) is 0 Å². The molecule has 7 nitrogen and oxygen atoms in total. The van der Waals surface area contributed by atoms with Gasteiger partial charge in [-0.25, -0.2) is 8.42 Å². The quantitative estimate of drug-likeness (QED) is 0.285. The van der Waals surface area contributed by atoms with Crippen molar-refractivity contribution >= 4 is 21.6 Å². The Labute approximate surface area is 217 Å². The summed E-state index contributed by atoms with van der Waals surface area (Å²) in [4.78, 5) is 13.4. The van der Waals surface area contributed by atoms with E-state index in [-0.39, 0.29) is 17.2 Å². The van der Waals surface area contributed by atoms with E-state index in [1.165, 1.54) is 23.5 Å². The van der Waals surface area contributed by atoms with Gasteiger partial charge in [-0.05, 0) is 54.1 Å². The largest absolute Gasteiger partial charge is 0.497 e. The van der Waals surface area contributed by atoms with Gasteiger partial charge in [0, 0.05) is 13.5 Å². The highest BCUT2D eigenvalue weighted by molar-refractivity contribution is 7.89. The molecule has 0 spiro atoms. The average Bonchev–Trinajstić information content (AvgIpc) is 2.93. The van der Waals surface area contributed by atoms with Gasteiger partial charge in [0.25, 0.3) is 0 Å². The number of nitrogens with zero attached hydrogens (tertiary/aromatic N) is 1. The second-order valence-corrected chi connectivity index (χ2v) is 10.3. The van der Waals surface area contributed by atoms with Gasteiger partial charge in [0.05, 0.1) is 23.7 Å². The number of nitrogens with one attached hydrogen (secondary N) is 1. The minimum absolute atomic E-state index is 0.117. The number of carbonyl (C=O) groups is 1. The van der Waals surface area contributed by atoms with E-state index in [4.69, 9.17) is 9.47 Å². The van der Waals surface area contributed by atoms with Crippen molar-refractivity contribution in [2.24, 2.45) is 0 Å². The van der Waals surface area contributed by atoms with E-state index in [1.54, 1.807) is 67.8 Å². The van der Waals surface area contributed by atoms with Gasteiger partial charge >= 0.3 is 0 Å². The number of sulfonamides is 1. The van der Waals surface area contributed by atoms with E-state index in [1.807, 2.05) is 36.4 Å². The smallest absolute Gasteiger partial charge is 0.243 e. The van der Waals surface area contributed by atoms with E-state index in [2.05, 4.69) is 5.32 Å². The molecule has 0 radical (unpaired) electrons. The molecule has 37 heavy (non-hydrogen) atoms. The number of hydrogen-bond acceptors (Lipinski definition) is 5. The normalized spacial score (nSPS) is 12.1. The maximum atomic E-state index is 13.4. The topological polar surface area (TPSA) is 84.9 Å². The molecule has 0 aliphatic rings. The molecule has 4 aromatic carbocycles. The highest BCUT2D eigenvalue weighted by Gasteiger charge is 2.31. The third-order valence-corrected chi connectivity index (χ3v) is 7.75. The predicted molar refractivity (Wildman–Crippen MR) is 143 cm³/mol. The maximum Gasteiger partial charge on any atom is 0.243 e. The molecular formula is C29H28N2O5S. The minimum Gasteiger partial charge on any atom is -0.497 e. The van der Waals surface area contributed by atoms with E-state index in [0.717, 1.165) is 0 Å². The van der Waals surface area contributed by atoms with Crippen LogP contribution in [-0.2, 0) is 14.8 Å². The molecule has 0 bridgehead atoms.